The Kier molecular flexibility index (Phi) is 8.85. The molecule has 3 aromatic rings. The van der Waals surface area contributed by atoms with Crippen LogP contribution >= 0.6 is 23.1 Å². The highest BCUT2D eigenvalue weighted by Crippen LogP contribution is 2.42. The van der Waals surface area contributed by atoms with Gasteiger partial charge in [0.1, 0.15) is 0 Å². The predicted octanol–water partition coefficient (Wildman–Crippen LogP) is 5.66. The lowest BCUT2D eigenvalue weighted by Crippen LogP contribution is -2.62. The zero-order valence-corrected chi connectivity index (χ0v) is 23.9. The predicted molar refractivity (Wildman–Crippen MR) is 150 cm³/mol. The van der Waals surface area contributed by atoms with Gasteiger partial charge < -0.3 is 15.5 Å². The number of thioether (sulfide) groups is 1. The second-order valence-electron chi connectivity index (χ2n) is 10.7. The van der Waals surface area contributed by atoms with Crippen LogP contribution in [0.5, 0.6) is 0 Å². The molecule has 4 heterocycles. The highest BCUT2D eigenvalue weighted by molar-refractivity contribution is 7.99. The fourth-order valence-electron chi connectivity index (χ4n) is 5.25. The summed E-state index contributed by atoms with van der Waals surface area (Å²) in [6, 6.07) is 5.44. The molecule has 0 bridgehead atoms. The molecule has 222 valence electrons. The van der Waals surface area contributed by atoms with E-state index in [1.54, 1.807) is 11.0 Å². The quantitative estimate of drug-likeness (QED) is 0.223. The Hall–Kier alpha value is -2.78. The molecule has 1 aromatic carbocycles. The van der Waals surface area contributed by atoms with Crippen molar-refractivity contribution < 1.29 is 26.7 Å². The van der Waals surface area contributed by atoms with E-state index in [-0.39, 0.29) is 17.2 Å². The van der Waals surface area contributed by atoms with Crippen LogP contribution in [0.15, 0.2) is 35.5 Å². The van der Waals surface area contributed by atoms with Crippen molar-refractivity contribution in [2.24, 2.45) is 11.3 Å². The number of halogens is 5. The number of piperidine rings is 1. The highest BCUT2D eigenvalue weighted by atomic mass is 32.2. The first-order valence-electron chi connectivity index (χ1n) is 13.2. The van der Waals surface area contributed by atoms with Gasteiger partial charge in [0.05, 0.1) is 16.8 Å². The van der Waals surface area contributed by atoms with Crippen LogP contribution < -0.4 is 10.6 Å². The van der Waals surface area contributed by atoms with E-state index in [9.17, 15) is 26.7 Å². The molecule has 2 N–H and O–H groups in total. The van der Waals surface area contributed by atoms with Crippen LogP contribution in [-0.2, 0) is 0 Å². The minimum Gasteiger partial charge on any atom is -0.361 e. The molecule has 0 radical (unpaired) electrons. The van der Waals surface area contributed by atoms with Gasteiger partial charge in [-0.2, -0.15) is 22.0 Å². The van der Waals surface area contributed by atoms with E-state index in [4.69, 9.17) is 0 Å². The van der Waals surface area contributed by atoms with Gasteiger partial charge in [0.25, 0.3) is 11.7 Å². The number of amides is 1. The van der Waals surface area contributed by atoms with Crippen molar-refractivity contribution >= 4 is 50.3 Å². The summed E-state index contributed by atoms with van der Waals surface area (Å²) in [6.07, 6.45) is -0.0249. The smallest absolute Gasteiger partial charge is 0.361 e. The van der Waals surface area contributed by atoms with Gasteiger partial charge in [0.15, 0.2) is 5.13 Å². The number of hydrogen-bond acceptors (Lipinski definition) is 9. The summed E-state index contributed by atoms with van der Waals surface area (Å²) in [7, 11) is 0. The molecule has 2 aliphatic rings. The third kappa shape index (κ3) is 7.74. The molecule has 2 saturated heterocycles. The summed E-state index contributed by atoms with van der Waals surface area (Å²) >= 11 is 1.86. The van der Waals surface area contributed by atoms with Crippen molar-refractivity contribution in [1.82, 2.24) is 24.8 Å². The first-order valence-corrected chi connectivity index (χ1v) is 14.9. The normalized spacial score (nSPS) is 18.1. The Morgan fingerprint density at radius 3 is 2.46 bits per heavy atom. The number of likely N-dealkylation sites (tertiary alicyclic amines) is 2. The van der Waals surface area contributed by atoms with Crippen molar-refractivity contribution in [3.63, 3.8) is 0 Å². The van der Waals surface area contributed by atoms with Crippen molar-refractivity contribution in [3.05, 3.63) is 36.2 Å². The van der Waals surface area contributed by atoms with E-state index < -0.39 is 18.5 Å². The number of rotatable bonds is 10. The number of aromatic nitrogens is 3. The fraction of sp³-hybridized carbons (Fsp3) is 0.538. The molecule has 41 heavy (non-hydrogen) atoms. The summed E-state index contributed by atoms with van der Waals surface area (Å²) in [5, 5.41) is 7.15. The van der Waals surface area contributed by atoms with E-state index in [0.29, 0.717) is 80.3 Å². The molecule has 15 heteroatoms. The average molecular weight is 616 g/mol. The maximum absolute atomic E-state index is 13.2. The van der Waals surface area contributed by atoms with Gasteiger partial charge in [0.2, 0.25) is 5.95 Å². The Morgan fingerprint density at radius 1 is 1.12 bits per heavy atom. The average Bonchev–Trinajstić information content (AvgIpc) is 3.32. The molecule has 2 fully saturated rings. The highest BCUT2D eigenvalue weighted by Gasteiger charge is 2.48. The lowest BCUT2D eigenvalue weighted by molar-refractivity contribution is -0.173. The van der Waals surface area contributed by atoms with Crippen molar-refractivity contribution in [2.75, 3.05) is 56.4 Å². The number of fused-ring (bicyclic) bond motifs is 1. The molecule has 1 spiro atoms. The Bertz CT molecular complexity index is 1340. The van der Waals surface area contributed by atoms with E-state index in [2.05, 4.69) is 25.6 Å². The summed E-state index contributed by atoms with van der Waals surface area (Å²) in [5.74, 6) is -2.04. The minimum absolute atomic E-state index is 0.0705. The molecule has 1 atom stereocenters. The third-order valence-electron chi connectivity index (χ3n) is 7.33. The van der Waals surface area contributed by atoms with Gasteiger partial charge in [-0.3, -0.25) is 9.69 Å². The number of anilines is 2. The standard InChI is InChI=1S/C26H30F5N7OS2/c1-16(9-32-23-33-11-18(12-34-23)40-22(27)28)10-35-24-36-19-3-2-17(8-20(19)41-24)21(39)38-6-4-25(5-7-38)13-37(14-25)15-26(29,30)31/h2-3,8,11-12,16,22H,4-7,9-10,13-15H2,1H3,(H,35,36)(H,32,33,34)/t16-/m0/s1. The Morgan fingerprint density at radius 2 is 1.80 bits per heavy atom. The summed E-state index contributed by atoms with van der Waals surface area (Å²) in [5.41, 5.74) is 1.25. The number of carbonyl (C=O) groups is 1. The molecular weight excluding hydrogens is 585 g/mol. The van der Waals surface area contributed by atoms with Gasteiger partial charge in [-0.15, -0.1) is 0 Å². The summed E-state index contributed by atoms with van der Waals surface area (Å²) in [6.45, 7) is 4.32. The largest absolute Gasteiger partial charge is 0.401 e. The molecule has 1 amide bonds. The van der Waals surface area contributed by atoms with Crippen molar-refractivity contribution in [2.45, 2.75) is 36.6 Å². The molecule has 2 aromatic heterocycles. The first kappa shape index (κ1) is 29.7. The van der Waals surface area contributed by atoms with Crippen molar-refractivity contribution in [3.8, 4) is 0 Å². The number of carbonyl (C=O) groups excluding carboxylic acids is 1. The summed E-state index contributed by atoms with van der Waals surface area (Å²) in [4.78, 5) is 29.4. The molecule has 0 aliphatic carbocycles. The maximum Gasteiger partial charge on any atom is 0.401 e. The van der Waals surface area contributed by atoms with Crippen LogP contribution in [0.2, 0.25) is 0 Å². The number of alkyl halides is 5. The number of thiazole rings is 1. The van der Waals surface area contributed by atoms with E-state index in [1.807, 2.05) is 19.1 Å². The van der Waals surface area contributed by atoms with Crippen molar-refractivity contribution in [1.29, 1.82) is 0 Å². The van der Waals surface area contributed by atoms with Crippen LogP contribution in [0.1, 0.15) is 30.1 Å². The fourth-order valence-corrected chi connectivity index (χ4v) is 6.60. The second kappa shape index (κ2) is 12.2. The number of nitrogens with zero attached hydrogens (tertiary/aromatic N) is 5. The van der Waals surface area contributed by atoms with Crippen LogP contribution in [0.3, 0.4) is 0 Å². The van der Waals surface area contributed by atoms with Gasteiger partial charge in [-0.05, 0) is 42.4 Å². The van der Waals surface area contributed by atoms with Gasteiger partial charge in [-0.25, -0.2) is 15.0 Å². The van der Waals surface area contributed by atoms with E-state index in [0.717, 1.165) is 15.3 Å². The number of hydrogen-bond donors (Lipinski definition) is 2. The molecule has 2 aliphatic heterocycles. The van der Waals surface area contributed by atoms with E-state index in [1.165, 1.54) is 28.6 Å². The van der Waals surface area contributed by atoms with Crippen LogP contribution in [0.25, 0.3) is 10.2 Å². The zero-order valence-electron chi connectivity index (χ0n) is 22.3. The summed E-state index contributed by atoms with van der Waals surface area (Å²) < 4.78 is 63.6. The molecule has 0 saturated carbocycles. The lowest BCUT2D eigenvalue weighted by Gasteiger charge is -2.54. The van der Waals surface area contributed by atoms with Gasteiger partial charge in [0, 0.05) is 62.1 Å². The van der Waals surface area contributed by atoms with Gasteiger partial charge in [-0.1, -0.05) is 30.0 Å². The minimum atomic E-state index is -4.18. The first-order chi connectivity index (χ1) is 19.5. The van der Waals surface area contributed by atoms with Gasteiger partial charge >= 0.3 is 6.18 Å². The maximum atomic E-state index is 13.2. The molecular formula is C26H30F5N7OS2. The van der Waals surface area contributed by atoms with Crippen LogP contribution in [-0.4, -0.2) is 88.4 Å². The lowest BCUT2D eigenvalue weighted by atomic mass is 9.72. The number of nitrogens with one attached hydrogen (secondary N) is 2. The topological polar surface area (TPSA) is 86.3 Å². The monoisotopic (exact) mass is 615 g/mol. The zero-order chi connectivity index (χ0) is 29.2. The molecule has 5 rings (SSSR count). The Balaban J connectivity index is 1.08. The van der Waals surface area contributed by atoms with E-state index >= 15 is 0 Å². The van der Waals surface area contributed by atoms with Crippen LogP contribution in [0.4, 0.5) is 33.0 Å². The number of benzene rings is 1. The SMILES string of the molecule is C[C@@H](CNc1ncc(SC(F)F)cn1)CNc1nc2ccc(C(=O)N3CCC4(CC3)CN(CC(F)(F)F)C4)cc2s1. The second-order valence-corrected chi connectivity index (χ2v) is 12.8. The molecule has 0 unspecified atom stereocenters. The third-order valence-corrected chi connectivity index (χ3v) is 8.97. The molecule has 8 nitrogen and oxygen atoms in total. The Labute approximate surface area is 242 Å². The van der Waals surface area contributed by atoms with Crippen LogP contribution in [0, 0.1) is 11.3 Å².